The Kier molecular flexibility index (Phi) is 4.79. The van der Waals surface area contributed by atoms with Crippen LogP contribution >= 0.6 is 0 Å². The number of nitrogens with zero attached hydrogens (tertiary/aromatic N) is 3. The molecule has 0 radical (unpaired) electrons. The Morgan fingerprint density at radius 3 is 2.73 bits per heavy atom. The third kappa shape index (κ3) is 3.39. The molecule has 26 heavy (non-hydrogen) atoms. The molecule has 1 fully saturated rings. The van der Waals surface area contributed by atoms with Crippen LogP contribution in [0.25, 0.3) is 16.9 Å². The van der Waals surface area contributed by atoms with E-state index in [-0.39, 0.29) is 0 Å². The summed E-state index contributed by atoms with van der Waals surface area (Å²) in [5.74, 6) is 0. The topological polar surface area (TPSA) is 32.6 Å². The van der Waals surface area contributed by atoms with Gasteiger partial charge in [0.15, 0.2) is 0 Å². The van der Waals surface area contributed by atoms with Gasteiger partial charge in [-0.05, 0) is 75.2 Å². The van der Waals surface area contributed by atoms with Gasteiger partial charge in [-0.25, -0.2) is 4.98 Å². The second-order valence-corrected chi connectivity index (χ2v) is 7.52. The number of nitrogens with one attached hydrogen (secondary N) is 1. The molecule has 0 atom stereocenters. The summed E-state index contributed by atoms with van der Waals surface area (Å²) < 4.78 is 2.27. The van der Waals surface area contributed by atoms with E-state index in [4.69, 9.17) is 4.98 Å². The van der Waals surface area contributed by atoms with Gasteiger partial charge < -0.3 is 9.72 Å². The van der Waals surface area contributed by atoms with E-state index in [2.05, 4.69) is 71.9 Å². The van der Waals surface area contributed by atoms with Crippen molar-refractivity contribution in [3.63, 3.8) is 0 Å². The van der Waals surface area contributed by atoms with Crippen LogP contribution < -0.4 is 5.32 Å². The number of hydrogen-bond donors (Lipinski definition) is 1. The van der Waals surface area contributed by atoms with E-state index in [9.17, 15) is 0 Å². The van der Waals surface area contributed by atoms with Crippen LogP contribution in [0.5, 0.6) is 0 Å². The summed E-state index contributed by atoms with van der Waals surface area (Å²) >= 11 is 0. The molecule has 1 aliphatic rings. The van der Waals surface area contributed by atoms with Gasteiger partial charge in [0.2, 0.25) is 0 Å². The van der Waals surface area contributed by atoms with Gasteiger partial charge in [0.05, 0.1) is 11.4 Å². The zero-order valence-corrected chi connectivity index (χ0v) is 16.0. The van der Waals surface area contributed by atoms with Gasteiger partial charge >= 0.3 is 0 Å². The average Bonchev–Trinajstić information content (AvgIpc) is 2.79. The van der Waals surface area contributed by atoms with E-state index in [1.54, 1.807) is 0 Å². The predicted molar refractivity (Wildman–Crippen MR) is 108 cm³/mol. The second kappa shape index (κ2) is 7.22. The van der Waals surface area contributed by atoms with E-state index >= 15 is 0 Å². The first kappa shape index (κ1) is 17.3. The van der Waals surface area contributed by atoms with E-state index < -0.39 is 0 Å². The first-order chi connectivity index (χ1) is 12.6. The third-order valence-electron chi connectivity index (χ3n) is 5.47. The van der Waals surface area contributed by atoms with Crippen LogP contribution in [0.1, 0.15) is 28.8 Å². The summed E-state index contributed by atoms with van der Waals surface area (Å²) in [6, 6.07) is 11.0. The van der Waals surface area contributed by atoms with E-state index in [0.717, 1.165) is 44.1 Å². The minimum Gasteiger partial charge on any atom is -0.315 e. The Morgan fingerprint density at radius 1 is 1.00 bits per heavy atom. The largest absolute Gasteiger partial charge is 0.315 e. The highest BCUT2D eigenvalue weighted by atomic mass is 15.2. The predicted octanol–water partition coefficient (Wildman–Crippen LogP) is 3.72. The molecule has 4 rings (SSSR count). The van der Waals surface area contributed by atoms with Crippen molar-refractivity contribution in [3.05, 3.63) is 58.9 Å². The summed E-state index contributed by atoms with van der Waals surface area (Å²) in [6.07, 6.45) is 3.38. The molecular weight excluding hydrogens is 320 g/mol. The van der Waals surface area contributed by atoms with Gasteiger partial charge in [0.1, 0.15) is 5.65 Å². The number of aromatic nitrogens is 2. The molecule has 1 N–H and O–H groups in total. The summed E-state index contributed by atoms with van der Waals surface area (Å²) in [5, 5.41) is 3.50. The minimum absolute atomic E-state index is 0.939. The Morgan fingerprint density at radius 2 is 1.88 bits per heavy atom. The molecule has 0 unspecified atom stereocenters. The molecule has 0 spiro atoms. The van der Waals surface area contributed by atoms with Crippen LogP contribution in [-0.4, -0.2) is 40.5 Å². The lowest BCUT2D eigenvalue weighted by Gasteiger charge is -2.20. The number of fused-ring (bicyclic) bond motifs is 1. The minimum atomic E-state index is 0.939. The van der Waals surface area contributed by atoms with Crippen molar-refractivity contribution in [3.8, 4) is 11.3 Å². The summed E-state index contributed by atoms with van der Waals surface area (Å²) in [7, 11) is 0. The number of pyridine rings is 1. The van der Waals surface area contributed by atoms with Gasteiger partial charge in [0.25, 0.3) is 0 Å². The molecule has 1 saturated heterocycles. The first-order valence-corrected chi connectivity index (χ1v) is 9.60. The van der Waals surface area contributed by atoms with Crippen molar-refractivity contribution in [2.75, 3.05) is 26.2 Å². The van der Waals surface area contributed by atoms with Crippen LogP contribution in [0.4, 0.5) is 0 Å². The van der Waals surface area contributed by atoms with Crippen molar-refractivity contribution in [2.45, 2.75) is 33.7 Å². The molecule has 3 heterocycles. The lowest BCUT2D eigenvalue weighted by molar-refractivity contribution is 0.281. The van der Waals surface area contributed by atoms with Crippen LogP contribution in [0.3, 0.4) is 0 Å². The Labute approximate surface area is 155 Å². The summed E-state index contributed by atoms with van der Waals surface area (Å²) in [4.78, 5) is 7.57. The molecule has 0 aliphatic carbocycles. The number of hydrogen-bond acceptors (Lipinski definition) is 3. The maximum Gasteiger partial charge on any atom is 0.137 e. The number of imidazole rings is 1. The quantitative estimate of drug-likeness (QED) is 0.783. The maximum atomic E-state index is 5.02. The average molecular weight is 348 g/mol. The lowest BCUT2D eigenvalue weighted by atomic mass is 10.0. The monoisotopic (exact) mass is 348 g/mol. The fourth-order valence-electron chi connectivity index (χ4n) is 3.74. The molecule has 0 bridgehead atoms. The number of aryl methyl sites for hydroxylation is 3. The van der Waals surface area contributed by atoms with Crippen LogP contribution in [0.2, 0.25) is 0 Å². The van der Waals surface area contributed by atoms with Crippen LogP contribution in [-0.2, 0) is 6.54 Å². The van der Waals surface area contributed by atoms with Gasteiger partial charge in [-0.2, -0.15) is 0 Å². The van der Waals surface area contributed by atoms with Crippen LogP contribution in [0.15, 0.2) is 36.5 Å². The maximum absolute atomic E-state index is 5.02. The van der Waals surface area contributed by atoms with Crippen molar-refractivity contribution in [2.24, 2.45) is 0 Å². The normalized spacial score (nSPS) is 16.1. The summed E-state index contributed by atoms with van der Waals surface area (Å²) in [5.41, 5.74) is 8.58. The van der Waals surface area contributed by atoms with Gasteiger partial charge in [0, 0.05) is 31.4 Å². The fraction of sp³-hybridized carbons (Fsp3) is 0.409. The Bertz CT molecular complexity index is 917. The molecule has 2 aromatic heterocycles. The van der Waals surface area contributed by atoms with Crippen molar-refractivity contribution >= 4 is 5.65 Å². The Balaban J connectivity index is 1.81. The zero-order chi connectivity index (χ0) is 18.1. The second-order valence-electron chi connectivity index (χ2n) is 7.52. The Hall–Kier alpha value is -2.17. The van der Waals surface area contributed by atoms with Crippen molar-refractivity contribution in [1.82, 2.24) is 19.6 Å². The molecule has 4 nitrogen and oxygen atoms in total. The molecule has 0 saturated carbocycles. The van der Waals surface area contributed by atoms with E-state index in [0.29, 0.717) is 0 Å². The number of rotatable bonds is 3. The smallest absolute Gasteiger partial charge is 0.137 e. The first-order valence-electron chi connectivity index (χ1n) is 9.60. The fourth-order valence-corrected chi connectivity index (χ4v) is 3.74. The standard InChI is InChI=1S/C22H28N4/c1-16-7-11-26-20(15-25-10-4-8-23-9-12-25)22(24-21(26)13-16)19-6-5-17(2)18(3)14-19/h5-7,11,13-14,23H,4,8-10,12,15H2,1-3H3. The molecular formula is C22H28N4. The van der Waals surface area contributed by atoms with Gasteiger partial charge in [-0.3, -0.25) is 4.90 Å². The van der Waals surface area contributed by atoms with Crippen molar-refractivity contribution in [1.29, 1.82) is 0 Å². The zero-order valence-electron chi connectivity index (χ0n) is 16.0. The van der Waals surface area contributed by atoms with E-state index in [1.807, 2.05) is 0 Å². The van der Waals surface area contributed by atoms with Gasteiger partial charge in [-0.15, -0.1) is 0 Å². The summed E-state index contributed by atoms with van der Waals surface area (Å²) in [6.45, 7) is 11.8. The molecule has 3 aromatic rings. The number of benzene rings is 1. The van der Waals surface area contributed by atoms with Crippen LogP contribution in [0, 0.1) is 20.8 Å². The molecule has 136 valence electrons. The SMILES string of the molecule is Cc1ccn2c(CN3CCCNCC3)c(-c3ccc(C)c(C)c3)nc2c1. The third-order valence-corrected chi connectivity index (χ3v) is 5.47. The molecule has 0 amide bonds. The molecule has 1 aliphatic heterocycles. The molecule has 4 heteroatoms. The van der Waals surface area contributed by atoms with E-state index in [1.165, 1.54) is 34.4 Å². The highest BCUT2D eigenvalue weighted by Gasteiger charge is 2.18. The highest BCUT2D eigenvalue weighted by Crippen LogP contribution is 2.28. The molecule has 1 aromatic carbocycles. The highest BCUT2D eigenvalue weighted by molar-refractivity contribution is 5.68. The van der Waals surface area contributed by atoms with Crippen molar-refractivity contribution < 1.29 is 0 Å². The lowest BCUT2D eigenvalue weighted by Crippen LogP contribution is -2.28. The van der Waals surface area contributed by atoms with Gasteiger partial charge in [-0.1, -0.05) is 12.1 Å².